The summed E-state index contributed by atoms with van der Waals surface area (Å²) in [5.74, 6) is -4.41. The molecule has 5 heteroatoms. The molecular formula is C11H12F3NO. The van der Waals surface area contributed by atoms with Gasteiger partial charge in [0.15, 0.2) is 23.2 Å². The van der Waals surface area contributed by atoms with Crippen LogP contribution in [0.3, 0.4) is 0 Å². The summed E-state index contributed by atoms with van der Waals surface area (Å²) in [5, 5.41) is 12.5. The molecular weight excluding hydrogens is 219 g/mol. The van der Waals surface area contributed by atoms with Gasteiger partial charge in [0.25, 0.3) is 0 Å². The first-order chi connectivity index (χ1) is 7.46. The lowest BCUT2D eigenvalue weighted by Crippen LogP contribution is -2.34. The van der Waals surface area contributed by atoms with Crippen molar-refractivity contribution in [2.75, 3.05) is 6.54 Å². The Morgan fingerprint density at radius 2 is 2.00 bits per heavy atom. The van der Waals surface area contributed by atoms with Gasteiger partial charge < -0.3 is 10.4 Å². The molecule has 1 fully saturated rings. The summed E-state index contributed by atoms with van der Waals surface area (Å²) in [6.07, 6.45) is 1.30. The molecule has 1 aromatic carbocycles. The van der Waals surface area contributed by atoms with Crippen LogP contribution in [0.25, 0.3) is 0 Å². The third kappa shape index (κ3) is 1.55. The maximum Gasteiger partial charge on any atom is 0.168 e. The molecule has 16 heavy (non-hydrogen) atoms. The summed E-state index contributed by atoms with van der Waals surface area (Å²) in [4.78, 5) is 0. The molecule has 0 aromatic heterocycles. The molecule has 2 N–H and O–H groups in total. The van der Waals surface area contributed by atoms with E-state index in [2.05, 4.69) is 5.32 Å². The van der Waals surface area contributed by atoms with Gasteiger partial charge in [-0.05, 0) is 26.3 Å². The summed E-state index contributed by atoms with van der Waals surface area (Å²) >= 11 is 0. The predicted octanol–water partition coefficient (Wildman–Crippen LogP) is 2.41. The monoisotopic (exact) mass is 231 g/mol. The van der Waals surface area contributed by atoms with Gasteiger partial charge in [-0.15, -0.1) is 0 Å². The van der Waals surface area contributed by atoms with Crippen molar-refractivity contribution in [3.63, 3.8) is 0 Å². The number of hydrogen-bond donors (Lipinski definition) is 2. The minimum Gasteiger partial charge on any atom is -0.505 e. The number of nitrogens with one attached hydrogen (secondary N) is 1. The summed E-state index contributed by atoms with van der Waals surface area (Å²) in [6.45, 7) is 2.25. The maximum absolute atomic E-state index is 13.6. The standard InChI is InChI=1S/C11H12F3NO/c1-11(3-2-4-15-11)8-9(14)6(12)5-7(13)10(8)16/h5,15-16H,2-4H2,1H3. The average Bonchev–Trinajstić information content (AvgIpc) is 2.63. The van der Waals surface area contributed by atoms with Gasteiger partial charge in [-0.25, -0.2) is 13.2 Å². The molecule has 88 valence electrons. The molecule has 0 bridgehead atoms. The zero-order chi connectivity index (χ0) is 11.9. The lowest BCUT2D eigenvalue weighted by molar-refractivity contribution is 0.345. The zero-order valence-corrected chi connectivity index (χ0v) is 8.78. The number of phenols is 1. The smallest absolute Gasteiger partial charge is 0.168 e. The quantitative estimate of drug-likeness (QED) is 0.727. The van der Waals surface area contributed by atoms with Crippen molar-refractivity contribution in [3.8, 4) is 5.75 Å². The maximum atomic E-state index is 13.6. The molecule has 1 aliphatic heterocycles. The molecule has 0 amide bonds. The van der Waals surface area contributed by atoms with Crippen LogP contribution in [0.2, 0.25) is 0 Å². The van der Waals surface area contributed by atoms with Gasteiger partial charge >= 0.3 is 0 Å². The number of hydrogen-bond acceptors (Lipinski definition) is 2. The van der Waals surface area contributed by atoms with E-state index in [0.29, 0.717) is 19.0 Å². The molecule has 1 saturated heterocycles. The Morgan fingerprint density at radius 1 is 1.31 bits per heavy atom. The second-order valence-corrected chi connectivity index (χ2v) is 4.24. The Labute approximate surface area is 91.1 Å². The van der Waals surface area contributed by atoms with Gasteiger partial charge in [-0.2, -0.15) is 0 Å². The van der Waals surface area contributed by atoms with E-state index in [-0.39, 0.29) is 5.56 Å². The Bertz CT molecular complexity index is 401. The molecule has 1 aliphatic rings. The van der Waals surface area contributed by atoms with Crippen molar-refractivity contribution in [3.05, 3.63) is 29.1 Å². The van der Waals surface area contributed by atoms with E-state index in [1.54, 1.807) is 6.92 Å². The molecule has 0 aliphatic carbocycles. The van der Waals surface area contributed by atoms with E-state index >= 15 is 0 Å². The lowest BCUT2D eigenvalue weighted by atomic mass is 9.89. The van der Waals surface area contributed by atoms with Crippen LogP contribution in [0, 0.1) is 17.5 Å². The Morgan fingerprint density at radius 3 is 2.56 bits per heavy atom. The summed E-state index contributed by atoms with van der Waals surface area (Å²) < 4.78 is 39.8. The first kappa shape index (κ1) is 11.3. The second kappa shape index (κ2) is 3.66. The van der Waals surface area contributed by atoms with E-state index < -0.39 is 28.7 Å². The summed E-state index contributed by atoms with van der Waals surface area (Å²) in [5.41, 5.74) is -1.22. The normalized spacial score (nSPS) is 25.0. The molecule has 0 radical (unpaired) electrons. The van der Waals surface area contributed by atoms with Gasteiger partial charge in [0, 0.05) is 11.6 Å². The number of phenolic OH excluding ortho intramolecular Hbond substituents is 1. The third-order valence-corrected chi connectivity index (χ3v) is 3.07. The van der Waals surface area contributed by atoms with Crippen molar-refractivity contribution in [1.29, 1.82) is 0 Å². The topological polar surface area (TPSA) is 32.3 Å². The largest absolute Gasteiger partial charge is 0.505 e. The van der Waals surface area contributed by atoms with Crippen LogP contribution in [0.15, 0.2) is 6.07 Å². The first-order valence-electron chi connectivity index (χ1n) is 5.08. The fourth-order valence-electron chi connectivity index (χ4n) is 2.20. The third-order valence-electron chi connectivity index (χ3n) is 3.07. The number of aromatic hydroxyl groups is 1. The molecule has 1 heterocycles. The summed E-state index contributed by atoms with van der Waals surface area (Å²) in [7, 11) is 0. The van der Waals surface area contributed by atoms with Crippen LogP contribution in [0.1, 0.15) is 25.3 Å². The van der Waals surface area contributed by atoms with Crippen LogP contribution in [0.4, 0.5) is 13.2 Å². The Hall–Kier alpha value is -1.23. The lowest BCUT2D eigenvalue weighted by Gasteiger charge is -2.26. The van der Waals surface area contributed by atoms with Gasteiger partial charge in [0.1, 0.15) is 0 Å². The van der Waals surface area contributed by atoms with E-state index in [9.17, 15) is 18.3 Å². The highest BCUT2D eigenvalue weighted by Crippen LogP contribution is 2.39. The van der Waals surface area contributed by atoms with Gasteiger partial charge in [-0.3, -0.25) is 0 Å². The highest BCUT2D eigenvalue weighted by molar-refractivity contribution is 5.41. The second-order valence-electron chi connectivity index (χ2n) is 4.24. The Balaban J connectivity index is 2.63. The van der Waals surface area contributed by atoms with Crippen molar-refractivity contribution < 1.29 is 18.3 Å². The highest BCUT2D eigenvalue weighted by atomic mass is 19.2. The number of rotatable bonds is 1. The van der Waals surface area contributed by atoms with Crippen molar-refractivity contribution in [2.24, 2.45) is 0 Å². The fourth-order valence-corrected chi connectivity index (χ4v) is 2.20. The van der Waals surface area contributed by atoms with Gasteiger partial charge in [0.2, 0.25) is 0 Å². The Kier molecular flexibility index (Phi) is 2.58. The molecule has 1 atom stereocenters. The average molecular weight is 231 g/mol. The van der Waals surface area contributed by atoms with Crippen LogP contribution in [0.5, 0.6) is 5.75 Å². The molecule has 1 aromatic rings. The molecule has 0 spiro atoms. The van der Waals surface area contributed by atoms with Crippen LogP contribution in [-0.2, 0) is 5.54 Å². The number of halogens is 3. The minimum atomic E-state index is -1.28. The molecule has 1 unspecified atom stereocenters. The first-order valence-corrected chi connectivity index (χ1v) is 5.08. The zero-order valence-electron chi connectivity index (χ0n) is 8.78. The van der Waals surface area contributed by atoms with Gasteiger partial charge in [0.05, 0.1) is 5.56 Å². The molecule has 2 rings (SSSR count). The molecule has 2 nitrogen and oxygen atoms in total. The highest BCUT2D eigenvalue weighted by Gasteiger charge is 2.37. The SMILES string of the molecule is CC1(c2c(O)c(F)cc(F)c2F)CCCN1. The number of benzene rings is 1. The molecule has 0 saturated carbocycles. The van der Waals surface area contributed by atoms with Crippen LogP contribution >= 0.6 is 0 Å². The fraction of sp³-hybridized carbons (Fsp3) is 0.455. The van der Waals surface area contributed by atoms with Gasteiger partial charge in [-0.1, -0.05) is 0 Å². The van der Waals surface area contributed by atoms with Crippen LogP contribution in [-0.4, -0.2) is 11.7 Å². The summed E-state index contributed by atoms with van der Waals surface area (Å²) in [6, 6.07) is 0.354. The van der Waals surface area contributed by atoms with E-state index in [1.165, 1.54) is 0 Å². The van der Waals surface area contributed by atoms with Crippen LogP contribution < -0.4 is 5.32 Å². The van der Waals surface area contributed by atoms with Crippen molar-refractivity contribution in [2.45, 2.75) is 25.3 Å². The van der Waals surface area contributed by atoms with E-state index in [0.717, 1.165) is 6.42 Å². The minimum absolute atomic E-state index is 0.317. The van der Waals surface area contributed by atoms with Crippen molar-refractivity contribution >= 4 is 0 Å². The van der Waals surface area contributed by atoms with E-state index in [1.807, 2.05) is 0 Å². The van der Waals surface area contributed by atoms with Crippen molar-refractivity contribution in [1.82, 2.24) is 5.32 Å². The predicted molar refractivity (Wildman–Crippen MR) is 52.6 cm³/mol. The van der Waals surface area contributed by atoms with E-state index in [4.69, 9.17) is 0 Å².